The zero-order chi connectivity index (χ0) is 17.6. The number of ether oxygens (including phenoxy) is 1. The molecule has 1 heterocycles. The Hall–Kier alpha value is -3.34. The van der Waals surface area contributed by atoms with E-state index in [-0.39, 0.29) is 5.91 Å². The number of nitrogens with one attached hydrogen (secondary N) is 1. The Kier molecular flexibility index (Phi) is 4.95. The maximum absolute atomic E-state index is 12.3. The zero-order valence-electron chi connectivity index (χ0n) is 14.0. The van der Waals surface area contributed by atoms with E-state index in [0.29, 0.717) is 17.9 Å². The van der Waals surface area contributed by atoms with Crippen molar-refractivity contribution in [3.05, 3.63) is 78.5 Å². The molecular weight excluding hydrogens is 314 g/mol. The Morgan fingerprint density at radius 3 is 2.80 bits per heavy atom. The van der Waals surface area contributed by atoms with Crippen molar-refractivity contribution in [3.63, 3.8) is 0 Å². The second-order valence-electron chi connectivity index (χ2n) is 5.44. The average Bonchev–Trinajstić information content (AvgIpc) is 3.00. The average molecular weight is 333 g/mol. The van der Waals surface area contributed by atoms with Gasteiger partial charge in [-0.2, -0.15) is 5.10 Å². The summed E-state index contributed by atoms with van der Waals surface area (Å²) in [5.74, 6) is 0.196. The molecule has 0 saturated heterocycles. The number of para-hydroxylation sites is 2. The van der Waals surface area contributed by atoms with Crippen molar-refractivity contribution in [2.45, 2.75) is 6.54 Å². The highest BCUT2D eigenvalue weighted by Crippen LogP contribution is 2.20. The molecule has 3 rings (SSSR count). The lowest BCUT2D eigenvalue weighted by molar-refractivity contribution is 0.0952. The van der Waals surface area contributed by atoms with Crippen LogP contribution in [-0.2, 0) is 6.54 Å². The monoisotopic (exact) mass is 333 g/mol. The number of methoxy groups -OCH3 is 1. The number of carbonyl (C=O) groups is 1. The van der Waals surface area contributed by atoms with Crippen molar-refractivity contribution in [3.8, 4) is 5.75 Å². The summed E-state index contributed by atoms with van der Waals surface area (Å²) < 4.78 is 7.28. The minimum absolute atomic E-state index is 0.316. The summed E-state index contributed by atoms with van der Waals surface area (Å²) in [6.07, 6.45) is 5.48. The molecule has 25 heavy (non-hydrogen) atoms. The predicted molar refractivity (Wildman–Crippen MR) is 100 cm³/mol. The first-order valence-corrected chi connectivity index (χ1v) is 7.89. The van der Waals surface area contributed by atoms with Crippen molar-refractivity contribution in [1.29, 1.82) is 0 Å². The van der Waals surface area contributed by atoms with Gasteiger partial charge >= 0.3 is 0 Å². The summed E-state index contributed by atoms with van der Waals surface area (Å²) in [5.41, 5.74) is 5.02. The van der Waals surface area contributed by atoms with Gasteiger partial charge in [-0.3, -0.25) is 4.79 Å². The first kappa shape index (κ1) is 16.5. The predicted octanol–water partition coefficient (Wildman–Crippen LogP) is 3.60. The van der Waals surface area contributed by atoms with Gasteiger partial charge in [0.2, 0.25) is 0 Å². The molecular formula is C20H19N3O2. The summed E-state index contributed by atoms with van der Waals surface area (Å²) in [6.45, 7) is 4.49. The third-order valence-corrected chi connectivity index (χ3v) is 3.87. The molecule has 0 aliphatic heterocycles. The second kappa shape index (κ2) is 7.49. The number of benzene rings is 2. The lowest BCUT2D eigenvalue weighted by Crippen LogP contribution is -2.18. The molecule has 0 bridgehead atoms. The summed E-state index contributed by atoms with van der Waals surface area (Å²) in [6, 6.07) is 15.1. The number of rotatable bonds is 6. The summed E-state index contributed by atoms with van der Waals surface area (Å²) in [7, 11) is 1.53. The first-order chi connectivity index (χ1) is 12.2. The van der Waals surface area contributed by atoms with E-state index in [4.69, 9.17) is 4.74 Å². The molecule has 2 aromatic carbocycles. The van der Waals surface area contributed by atoms with Crippen LogP contribution < -0.4 is 10.2 Å². The molecule has 0 saturated carbocycles. The van der Waals surface area contributed by atoms with Crippen LogP contribution in [0.2, 0.25) is 0 Å². The van der Waals surface area contributed by atoms with Gasteiger partial charge in [0, 0.05) is 29.2 Å². The van der Waals surface area contributed by atoms with Crippen molar-refractivity contribution in [2.24, 2.45) is 5.10 Å². The summed E-state index contributed by atoms with van der Waals surface area (Å²) >= 11 is 0. The van der Waals surface area contributed by atoms with Gasteiger partial charge in [0.1, 0.15) is 5.75 Å². The quantitative estimate of drug-likeness (QED) is 0.426. The number of hydrogen-bond acceptors (Lipinski definition) is 3. The molecule has 0 unspecified atom stereocenters. The van der Waals surface area contributed by atoms with E-state index in [0.717, 1.165) is 16.5 Å². The molecule has 3 aromatic rings. The highest BCUT2D eigenvalue weighted by molar-refractivity contribution is 6.01. The van der Waals surface area contributed by atoms with Crippen LogP contribution >= 0.6 is 0 Å². The third-order valence-electron chi connectivity index (χ3n) is 3.87. The van der Waals surface area contributed by atoms with Crippen molar-refractivity contribution in [2.75, 3.05) is 7.11 Å². The Morgan fingerprint density at radius 2 is 2.00 bits per heavy atom. The SMILES string of the molecule is C=CCn1cc(/C=N\NC(=O)c2ccccc2OC)c2ccccc21. The minimum atomic E-state index is -0.316. The molecule has 0 aliphatic rings. The number of carbonyl (C=O) groups excluding carboxylic acids is 1. The van der Waals surface area contributed by atoms with Crippen LogP contribution in [-0.4, -0.2) is 23.8 Å². The minimum Gasteiger partial charge on any atom is -0.496 e. The standard InChI is InChI=1S/C20H19N3O2/c1-3-12-23-14-15(16-8-4-6-10-18(16)23)13-21-22-20(24)17-9-5-7-11-19(17)25-2/h3-11,13-14H,1,12H2,2H3,(H,22,24)/b21-13-. The van der Waals surface area contributed by atoms with E-state index >= 15 is 0 Å². The molecule has 0 aliphatic carbocycles. The number of amides is 1. The third kappa shape index (κ3) is 3.45. The van der Waals surface area contributed by atoms with Gasteiger partial charge in [-0.05, 0) is 18.2 Å². The molecule has 1 aromatic heterocycles. The lowest BCUT2D eigenvalue weighted by Gasteiger charge is -2.05. The molecule has 5 nitrogen and oxygen atoms in total. The van der Waals surface area contributed by atoms with Crippen molar-refractivity contribution < 1.29 is 9.53 Å². The highest BCUT2D eigenvalue weighted by atomic mass is 16.5. The van der Waals surface area contributed by atoms with Crippen LogP contribution in [0.15, 0.2) is 72.5 Å². The Morgan fingerprint density at radius 1 is 1.24 bits per heavy atom. The molecule has 0 spiro atoms. The maximum atomic E-state index is 12.3. The van der Waals surface area contributed by atoms with Crippen LogP contribution in [0.1, 0.15) is 15.9 Å². The normalized spacial score (nSPS) is 10.9. The highest BCUT2D eigenvalue weighted by Gasteiger charge is 2.10. The zero-order valence-corrected chi connectivity index (χ0v) is 14.0. The fraction of sp³-hybridized carbons (Fsp3) is 0.100. The van der Waals surface area contributed by atoms with Crippen LogP contribution in [0, 0.1) is 0 Å². The molecule has 5 heteroatoms. The van der Waals surface area contributed by atoms with E-state index < -0.39 is 0 Å². The van der Waals surface area contributed by atoms with E-state index in [1.165, 1.54) is 7.11 Å². The van der Waals surface area contributed by atoms with E-state index in [1.54, 1.807) is 24.4 Å². The van der Waals surface area contributed by atoms with E-state index in [9.17, 15) is 4.79 Å². The molecule has 0 atom stereocenters. The van der Waals surface area contributed by atoms with Crippen molar-refractivity contribution >= 4 is 23.0 Å². The molecule has 0 radical (unpaired) electrons. The summed E-state index contributed by atoms with van der Waals surface area (Å²) in [5, 5.41) is 5.17. The molecule has 1 amide bonds. The van der Waals surface area contributed by atoms with E-state index in [2.05, 4.69) is 21.7 Å². The van der Waals surface area contributed by atoms with E-state index in [1.807, 2.05) is 42.6 Å². The maximum Gasteiger partial charge on any atom is 0.275 e. The number of nitrogens with zero attached hydrogens (tertiary/aromatic N) is 2. The molecule has 0 fully saturated rings. The van der Waals surface area contributed by atoms with Crippen LogP contribution in [0.4, 0.5) is 0 Å². The van der Waals surface area contributed by atoms with Crippen molar-refractivity contribution in [1.82, 2.24) is 9.99 Å². The number of allylic oxidation sites excluding steroid dienone is 1. The smallest absolute Gasteiger partial charge is 0.275 e. The Balaban J connectivity index is 1.82. The Bertz CT molecular complexity index is 941. The molecule has 1 N–H and O–H groups in total. The van der Waals surface area contributed by atoms with Gasteiger partial charge in [0.15, 0.2) is 0 Å². The number of aromatic nitrogens is 1. The summed E-state index contributed by atoms with van der Waals surface area (Å²) in [4.78, 5) is 12.3. The fourth-order valence-corrected chi connectivity index (χ4v) is 2.72. The fourth-order valence-electron chi connectivity index (χ4n) is 2.72. The van der Waals surface area contributed by atoms with Gasteiger partial charge in [-0.25, -0.2) is 5.43 Å². The molecule has 126 valence electrons. The van der Waals surface area contributed by atoms with Gasteiger partial charge in [-0.1, -0.05) is 36.4 Å². The van der Waals surface area contributed by atoms with Gasteiger partial charge < -0.3 is 9.30 Å². The number of hydrazone groups is 1. The van der Waals surface area contributed by atoms with Crippen LogP contribution in [0.25, 0.3) is 10.9 Å². The number of hydrogen-bond donors (Lipinski definition) is 1. The first-order valence-electron chi connectivity index (χ1n) is 7.89. The number of fused-ring (bicyclic) bond motifs is 1. The lowest BCUT2D eigenvalue weighted by atomic mass is 10.2. The topological polar surface area (TPSA) is 55.6 Å². The Labute approximate surface area is 146 Å². The van der Waals surface area contributed by atoms with Gasteiger partial charge in [0.25, 0.3) is 5.91 Å². The van der Waals surface area contributed by atoms with Crippen LogP contribution in [0.3, 0.4) is 0 Å². The van der Waals surface area contributed by atoms with Gasteiger partial charge in [-0.15, -0.1) is 6.58 Å². The second-order valence-corrected chi connectivity index (χ2v) is 5.44. The van der Waals surface area contributed by atoms with Crippen LogP contribution in [0.5, 0.6) is 5.75 Å². The van der Waals surface area contributed by atoms with Gasteiger partial charge in [0.05, 0.1) is 18.9 Å². The largest absolute Gasteiger partial charge is 0.496 e.